The SMILES string of the molecule is NCC(c1cccc(Br)c1)N1CCCC1C1CCCC1. The van der Waals surface area contributed by atoms with Gasteiger partial charge in [-0.05, 0) is 55.8 Å². The van der Waals surface area contributed by atoms with Gasteiger partial charge in [-0.3, -0.25) is 4.90 Å². The first-order valence-corrected chi connectivity index (χ1v) is 8.80. The van der Waals surface area contributed by atoms with Crippen molar-refractivity contribution in [2.75, 3.05) is 13.1 Å². The highest BCUT2D eigenvalue weighted by atomic mass is 79.9. The molecule has 1 heterocycles. The number of hydrogen-bond acceptors (Lipinski definition) is 2. The van der Waals surface area contributed by atoms with Gasteiger partial charge in [0.25, 0.3) is 0 Å². The van der Waals surface area contributed by atoms with E-state index in [2.05, 4.69) is 45.1 Å². The summed E-state index contributed by atoms with van der Waals surface area (Å²) in [6.45, 7) is 1.94. The molecule has 2 nitrogen and oxygen atoms in total. The van der Waals surface area contributed by atoms with Crippen molar-refractivity contribution < 1.29 is 0 Å². The van der Waals surface area contributed by atoms with Crippen LogP contribution in [0.4, 0.5) is 0 Å². The minimum absolute atomic E-state index is 0.389. The van der Waals surface area contributed by atoms with Crippen molar-refractivity contribution >= 4 is 15.9 Å². The van der Waals surface area contributed by atoms with Crippen LogP contribution in [-0.2, 0) is 0 Å². The number of halogens is 1. The number of nitrogens with zero attached hydrogens (tertiary/aromatic N) is 1. The zero-order valence-electron chi connectivity index (χ0n) is 12.1. The van der Waals surface area contributed by atoms with E-state index in [1.807, 2.05) is 0 Å². The Kier molecular flexibility index (Phi) is 4.79. The van der Waals surface area contributed by atoms with Crippen LogP contribution in [-0.4, -0.2) is 24.0 Å². The average Bonchev–Trinajstić information content (AvgIpc) is 3.10. The van der Waals surface area contributed by atoms with Gasteiger partial charge in [0.1, 0.15) is 0 Å². The molecule has 1 aliphatic carbocycles. The first kappa shape index (κ1) is 14.6. The maximum Gasteiger partial charge on any atom is 0.0473 e. The number of hydrogen-bond donors (Lipinski definition) is 1. The van der Waals surface area contributed by atoms with Crippen LogP contribution < -0.4 is 5.73 Å². The van der Waals surface area contributed by atoms with Crippen molar-refractivity contribution in [2.45, 2.75) is 50.6 Å². The Hall–Kier alpha value is -0.380. The Balaban J connectivity index is 1.80. The lowest BCUT2D eigenvalue weighted by Gasteiger charge is -2.36. The highest BCUT2D eigenvalue weighted by Gasteiger charge is 2.36. The first-order chi connectivity index (χ1) is 9.79. The molecular formula is C17H25BrN2. The monoisotopic (exact) mass is 336 g/mol. The molecule has 0 aromatic heterocycles. The van der Waals surface area contributed by atoms with Crippen molar-refractivity contribution in [1.82, 2.24) is 4.90 Å². The summed E-state index contributed by atoms with van der Waals surface area (Å²) < 4.78 is 1.16. The predicted octanol–water partition coefficient (Wildman–Crippen LogP) is 4.10. The van der Waals surface area contributed by atoms with E-state index in [4.69, 9.17) is 5.73 Å². The van der Waals surface area contributed by atoms with E-state index >= 15 is 0 Å². The van der Waals surface area contributed by atoms with Crippen LogP contribution in [0.1, 0.15) is 50.1 Å². The summed E-state index contributed by atoms with van der Waals surface area (Å²) >= 11 is 3.59. The largest absolute Gasteiger partial charge is 0.329 e. The second-order valence-electron chi connectivity index (χ2n) is 6.30. The van der Waals surface area contributed by atoms with Crippen molar-refractivity contribution in [3.8, 4) is 0 Å². The molecular weight excluding hydrogens is 312 g/mol. The molecule has 1 aromatic carbocycles. The smallest absolute Gasteiger partial charge is 0.0473 e. The van der Waals surface area contributed by atoms with E-state index in [9.17, 15) is 0 Å². The molecule has 3 rings (SSSR count). The molecule has 1 saturated carbocycles. The minimum atomic E-state index is 0.389. The first-order valence-electron chi connectivity index (χ1n) is 8.01. The third-order valence-corrected chi connectivity index (χ3v) is 5.64. The zero-order valence-corrected chi connectivity index (χ0v) is 13.7. The fourth-order valence-electron chi connectivity index (χ4n) is 4.23. The van der Waals surface area contributed by atoms with E-state index in [-0.39, 0.29) is 0 Å². The van der Waals surface area contributed by atoms with Crippen LogP contribution in [0.2, 0.25) is 0 Å². The van der Waals surface area contributed by atoms with Crippen molar-refractivity contribution in [1.29, 1.82) is 0 Å². The molecule has 0 spiro atoms. The van der Waals surface area contributed by atoms with Crippen LogP contribution in [0.15, 0.2) is 28.7 Å². The van der Waals surface area contributed by atoms with Gasteiger partial charge in [-0.2, -0.15) is 0 Å². The number of nitrogens with two attached hydrogens (primary N) is 1. The molecule has 2 aliphatic rings. The molecule has 3 heteroatoms. The second-order valence-corrected chi connectivity index (χ2v) is 7.21. The fraction of sp³-hybridized carbons (Fsp3) is 0.647. The summed E-state index contributed by atoms with van der Waals surface area (Å²) in [6.07, 6.45) is 8.42. The third-order valence-electron chi connectivity index (χ3n) is 5.14. The Bertz CT molecular complexity index is 442. The van der Waals surface area contributed by atoms with Gasteiger partial charge < -0.3 is 5.73 Å². The molecule has 20 heavy (non-hydrogen) atoms. The summed E-state index contributed by atoms with van der Waals surface area (Å²) in [5.41, 5.74) is 7.51. The lowest BCUT2D eigenvalue weighted by Crippen LogP contribution is -2.40. The van der Waals surface area contributed by atoms with Gasteiger partial charge in [-0.15, -0.1) is 0 Å². The van der Waals surface area contributed by atoms with Crippen LogP contribution in [0.5, 0.6) is 0 Å². The molecule has 2 fully saturated rings. The number of benzene rings is 1. The molecule has 0 radical (unpaired) electrons. The quantitative estimate of drug-likeness (QED) is 0.896. The highest BCUT2D eigenvalue weighted by molar-refractivity contribution is 9.10. The molecule has 0 amide bonds. The highest BCUT2D eigenvalue weighted by Crippen LogP contribution is 2.39. The molecule has 1 saturated heterocycles. The third kappa shape index (κ3) is 2.95. The van der Waals surface area contributed by atoms with Crippen LogP contribution in [0.25, 0.3) is 0 Å². The van der Waals surface area contributed by atoms with Gasteiger partial charge in [0, 0.05) is 23.1 Å². The van der Waals surface area contributed by atoms with Gasteiger partial charge in [-0.25, -0.2) is 0 Å². The van der Waals surface area contributed by atoms with E-state index < -0.39 is 0 Å². The van der Waals surface area contributed by atoms with Crippen LogP contribution >= 0.6 is 15.9 Å². The van der Waals surface area contributed by atoms with E-state index in [1.165, 1.54) is 50.6 Å². The predicted molar refractivity (Wildman–Crippen MR) is 87.6 cm³/mol. The maximum atomic E-state index is 6.14. The topological polar surface area (TPSA) is 29.3 Å². The normalized spacial score (nSPS) is 26.2. The van der Waals surface area contributed by atoms with Crippen LogP contribution in [0, 0.1) is 5.92 Å². The number of likely N-dealkylation sites (tertiary alicyclic amines) is 1. The molecule has 2 N–H and O–H groups in total. The average molecular weight is 337 g/mol. The van der Waals surface area contributed by atoms with E-state index in [0.717, 1.165) is 23.0 Å². The van der Waals surface area contributed by atoms with Gasteiger partial charge >= 0.3 is 0 Å². The summed E-state index contributed by atoms with van der Waals surface area (Å²) in [7, 11) is 0. The Morgan fingerprint density at radius 1 is 1.20 bits per heavy atom. The second kappa shape index (κ2) is 6.59. The molecule has 110 valence electrons. The van der Waals surface area contributed by atoms with Gasteiger partial charge in [0.15, 0.2) is 0 Å². The molecule has 0 bridgehead atoms. The number of rotatable bonds is 4. The van der Waals surface area contributed by atoms with Crippen molar-refractivity contribution in [3.05, 3.63) is 34.3 Å². The van der Waals surface area contributed by atoms with Crippen molar-refractivity contribution in [2.24, 2.45) is 11.7 Å². The van der Waals surface area contributed by atoms with Crippen molar-refractivity contribution in [3.63, 3.8) is 0 Å². The molecule has 2 unspecified atom stereocenters. The Morgan fingerprint density at radius 2 is 2.00 bits per heavy atom. The van der Waals surface area contributed by atoms with Gasteiger partial charge in [-0.1, -0.05) is 40.9 Å². The Morgan fingerprint density at radius 3 is 2.70 bits per heavy atom. The molecule has 1 aliphatic heterocycles. The summed E-state index contributed by atoms with van der Waals surface area (Å²) in [4.78, 5) is 2.71. The van der Waals surface area contributed by atoms with E-state index in [0.29, 0.717) is 6.04 Å². The summed E-state index contributed by atoms with van der Waals surface area (Å²) in [6, 6.07) is 9.84. The molecule has 2 atom stereocenters. The summed E-state index contributed by atoms with van der Waals surface area (Å²) in [5, 5.41) is 0. The Labute approximate surface area is 130 Å². The standard InChI is InChI=1S/C17H25BrN2/c18-15-8-3-7-14(11-15)17(12-19)20-10-4-9-16(20)13-5-1-2-6-13/h3,7-8,11,13,16-17H,1-2,4-6,9-10,12,19H2. The summed E-state index contributed by atoms with van der Waals surface area (Å²) in [5.74, 6) is 0.915. The van der Waals surface area contributed by atoms with E-state index in [1.54, 1.807) is 0 Å². The van der Waals surface area contributed by atoms with Crippen LogP contribution in [0.3, 0.4) is 0 Å². The lowest BCUT2D eigenvalue weighted by molar-refractivity contribution is 0.138. The fourth-order valence-corrected chi connectivity index (χ4v) is 4.64. The maximum absolute atomic E-state index is 6.14. The molecule has 1 aromatic rings. The lowest BCUT2D eigenvalue weighted by atomic mass is 9.94. The zero-order chi connectivity index (χ0) is 13.9. The van der Waals surface area contributed by atoms with Gasteiger partial charge in [0.2, 0.25) is 0 Å². The van der Waals surface area contributed by atoms with Gasteiger partial charge in [0.05, 0.1) is 0 Å². The minimum Gasteiger partial charge on any atom is -0.329 e.